The molecule has 0 spiro atoms. The lowest BCUT2D eigenvalue weighted by Gasteiger charge is -2.23. The average Bonchev–Trinajstić information content (AvgIpc) is 2.88. The highest BCUT2D eigenvalue weighted by Gasteiger charge is 2.25. The first-order valence-corrected chi connectivity index (χ1v) is 13.1. The van der Waals surface area contributed by atoms with Crippen LogP contribution in [0.4, 0.5) is 26.7 Å². The van der Waals surface area contributed by atoms with E-state index in [0.717, 1.165) is 17.7 Å². The van der Waals surface area contributed by atoms with E-state index in [1.807, 2.05) is 0 Å². The van der Waals surface area contributed by atoms with E-state index < -0.39 is 42.3 Å². The zero-order chi connectivity index (χ0) is 29.5. The number of carboxylic acid groups (broad SMARTS) is 1. The lowest BCUT2D eigenvalue weighted by Crippen LogP contribution is -2.42. The molecular formula is C28H35F5N2O5. The minimum Gasteiger partial charge on any atom is -0.492 e. The van der Waals surface area contributed by atoms with Crippen molar-refractivity contribution in [2.24, 2.45) is 0 Å². The topological polar surface area (TPSA) is 88.1 Å². The highest BCUT2D eigenvalue weighted by molar-refractivity contribution is 5.74. The van der Waals surface area contributed by atoms with Gasteiger partial charge in [-0.15, -0.1) is 0 Å². The molecule has 0 aliphatic rings. The second-order valence-electron chi connectivity index (χ2n) is 9.14. The van der Waals surface area contributed by atoms with E-state index in [-0.39, 0.29) is 51.3 Å². The number of unbranched alkanes of at least 4 members (excludes halogenated alkanes) is 3. The van der Waals surface area contributed by atoms with Crippen molar-refractivity contribution in [2.75, 3.05) is 26.3 Å². The van der Waals surface area contributed by atoms with E-state index in [4.69, 9.17) is 9.47 Å². The lowest BCUT2D eigenvalue weighted by molar-refractivity contribution is -0.150. The fourth-order valence-corrected chi connectivity index (χ4v) is 3.87. The predicted molar refractivity (Wildman–Crippen MR) is 138 cm³/mol. The lowest BCUT2D eigenvalue weighted by atomic mass is 10.1. The number of urea groups is 1. The van der Waals surface area contributed by atoms with Crippen LogP contribution in [0.5, 0.6) is 5.75 Å². The quantitative estimate of drug-likeness (QED) is 0.176. The number of benzene rings is 2. The van der Waals surface area contributed by atoms with Crippen molar-refractivity contribution >= 4 is 12.0 Å². The van der Waals surface area contributed by atoms with Gasteiger partial charge >= 0.3 is 18.2 Å². The Morgan fingerprint density at radius 2 is 1.70 bits per heavy atom. The molecule has 2 rings (SSSR count). The fourth-order valence-electron chi connectivity index (χ4n) is 3.87. The Labute approximate surface area is 230 Å². The summed E-state index contributed by atoms with van der Waals surface area (Å²) in [5.41, 5.74) is 0.848. The van der Waals surface area contributed by atoms with Crippen LogP contribution in [0, 0.1) is 11.6 Å². The monoisotopic (exact) mass is 574 g/mol. The SMILES string of the molecule is CCOC(Cc1ccc(OCCN(CCCCCCC(F)(F)F)C(=O)NCc2ccc(F)cc2F)cc1)C(=O)O. The number of carbonyl (C=O) groups excluding carboxylic acids is 1. The van der Waals surface area contributed by atoms with Gasteiger partial charge in [0.15, 0.2) is 6.10 Å². The highest BCUT2D eigenvalue weighted by atomic mass is 19.4. The summed E-state index contributed by atoms with van der Waals surface area (Å²) >= 11 is 0. The van der Waals surface area contributed by atoms with Crippen LogP contribution in [0.15, 0.2) is 42.5 Å². The summed E-state index contributed by atoms with van der Waals surface area (Å²) < 4.78 is 75.0. The molecule has 2 aromatic carbocycles. The zero-order valence-electron chi connectivity index (χ0n) is 22.3. The molecule has 0 heterocycles. The molecule has 222 valence electrons. The first kappa shape index (κ1) is 32.8. The van der Waals surface area contributed by atoms with E-state index in [9.17, 15) is 36.6 Å². The van der Waals surface area contributed by atoms with Gasteiger partial charge in [0.2, 0.25) is 0 Å². The molecule has 0 aliphatic carbocycles. The standard InChI is InChI=1S/C28H35F5N2O5/c1-2-39-25(26(36)37)17-20-7-11-23(12-8-20)40-16-15-35(14-6-4-3-5-13-28(31,32)33)27(38)34-19-21-9-10-22(29)18-24(21)30/h7-12,18,25H,2-6,13-17,19H2,1H3,(H,34,38)(H,36,37). The number of nitrogens with one attached hydrogen (secondary N) is 1. The van der Waals surface area contributed by atoms with Crippen molar-refractivity contribution in [3.63, 3.8) is 0 Å². The van der Waals surface area contributed by atoms with Gasteiger partial charge < -0.3 is 24.8 Å². The van der Waals surface area contributed by atoms with Gasteiger partial charge in [0, 0.05) is 44.2 Å². The van der Waals surface area contributed by atoms with Gasteiger partial charge in [-0.25, -0.2) is 18.4 Å². The predicted octanol–water partition coefficient (Wildman–Crippen LogP) is 6.10. The third-order valence-electron chi connectivity index (χ3n) is 5.99. The van der Waals surface area contributed by atoms with Crippen molar-refractivity contribution in [3.05, 3.63) is 65.2 Å². The minimum absolute atomic E-state index is 0.0103. The number of hydrogen-bond acceptors (Lipinski definition) is 4. The number of hydrogen-bond donors (Lipinski definition) is 2. The number of carbonyl (C=O) groups is 2. The van der Waals surface area contributed by atoms with Gasteiger partial charge in [-0.2, -0.15) is 13.2 Å². The van der Waals surface area contributed by atoms with Crippen molar-refractivity contribution in [2.45, 2.75) is 64.3 Å². The zero-order valence-corrected chi connectivity index (χ0v) is 22.3. The summed E-state index contributed by atoms with van der Waals surface area (Å²) in [5, 5.41) is 11.8. The van der Waals surface area contributed by atoms with Gasteiger partial charge in [0.25, 0.3) is 0 Å². The van der Waals surface area contributed by atoms with Gasteiger partial charge in [-0.05, 0) is 43.5 Å². The third-order valence-corrected chi connectivity index (χ3v) is 5.99. The molecule has 0 radical (unpaired) electrons. The van der Waals surface area contributed by atoms with E-state index in [1.54, 1.807) is 31.2 Å². The maximum atomic E-state index is 13.9. The Kier molecular flexibility index (Phi) is 13.6. The largest absolute Gasteiger partial charge is 0.492 e. The second-order valence-corrected chi connectivity index (χ2v) is 9.14. The van der Waals surface area contributed by atoms with Crippen LogP contribution in [0.1, 0.15) is 50.2 Å². The Morgan fingerprint density at radius 3 is 2.33 bits per heavy atom. The Bertz CT molecular complexity index is 1070. The van der Waals surface area contributed by atoms with Crippen molar-refractivity contribution in [1.82, 2.24) is 10.2 Å². The normalized spacial score (nSPS) is 12.2. The van der Waals surface area contributed by atoms with Crippen LogP contribution in [0.25, 0.3) is 0 Å². The smallest absolute Gasteiger partial charge is 0.389 e. The highest BCUT2D eigenvalue weighted by Crippen LogP contribution is 2.23. The maximum Gasteiger partial charge on any atom is 0.389 e. The summed E-state index contributed by atoms with van der Waals surface area (Å²) in [4.78, 5) is 25.5. The second kappa shape index (κ2) is 16.6. The molecule has 1 unspecified atom stereocenters. The molecular weight excluding hydrogens is 539 g/mol. The van der Waals surface area contributed by atoms with Crippen LogP contribution in [-0.4, -0.2) is 60.6 Å². The number of aliphatic carboxylic acids is 1. The molecule has 0 aliphatic heterocycles. The molecule has 12 heteroatoms. The van der Waals surface area contributed by atoms with Gasteiger partial charge in [0.05, 0.1) is 6.54 Å². The van der Waals surface area contributed by atoms with Crippen LogP contribution in [-0.2, 0) is 22.5 Å². The summed E-state index contributed by atoms with van der Waals surface area (Å²) in [5.74, 6) is -2.09. The number of nitrogens with zero attached hydrogens (tertiary/aromatic N) is 1. The fraction of sp³-hybridized carbons (Fsp3) is 0.500. The molecule has 0 saturated heterocycles. The van der Waals surface area contributed by atoms with Gasteiger partial charge in [0.1, 0.15) is 24.0 Å². The number of ether oxygens (including phenoxy) is 2. The molecule has 0 aromatic heterocycles. The van der Waals surface area contributed by atoms with Crippen molar-refractivity contribution < 1.29 is 46.1 Å². The van der Waals surface area contributed by atoms with E-state index in [1.165, 1.54) is 11.0 Å². The Balaban J connectivity index is 1.90. The first-order valence-electron chi connectivity index (χ1n) is 13.1. The molecule has 2 amide bonds. The molecule has 0 fully saturated rings. The van der Waals surface area contributed by atoms with Gasteiger partial charge in [-0.3, -0.25) is 0 Å². The number of amides is 2. The van der Waals surface area contributed by atoms with Crippen LogP contribution >= 0.6 is 0 Å². The van der Waals surface area contributed by atoms with Crippen molar-refractivity contribution in [1.29, 1.82) is 0 Å². The summed E-state index contributed by atoms with van der Waals surface area (Å²) in [7, 11) is 0. The van der Waals surface area contributed by atoms with Crippen LogP contribution in [0.2, 0.25) is 0 Å². The van der Waals surface area contributed by atoms with Crippen molar-refractivity contribution in [3.8, 4) is 5.75 Å². The molecule has 0 saturated carbocycles. The van der Waals surface area contributed by atoms with Crippen LogP contribution in [0.3, 0.4) is 0 Å². The first-order chi connectivity index (χ1) is 19.0. The Hall–Kier alpha value is -3.41. The summed E-state index contributed by atoms with van der Waals surface area (Å²) in [6.45, 7) is 2.31. The molecule has 1 atom stereocenters. The third kappa shape index (κ3) is 12.6. The van der Waals surface area contributed by atoms with Gasteiger partial charge in [-0.1, -0.05) is 31.0 Å². The average molecular weight is 575 g/mol. The number of carboxylic acids is 1. The van der Waals surface area contributed by atoms with E-state index in [0.29, 0.717) is 25.0 Å². The summed E-state index contributed by atoms with van der Waals surface area (Å²) in [6.07, 6.45) is -4.48. The Morgan fingerprint density at radius 1 is 1.00 bits per heavy atom. The molecule has 40 heavy (non-hydrogen) atoms. The summed E-state index contributed by atoms with van der Waals surface area (Å²) in [6, 6.07) is 9.29. The van der Waals surface area contributed by atoms with E-state index >= 15 is 0 Å². The molecule has 7 nitrogen and oxygen atoms in total. The maximum absolute atomic E-state index is 13.9. The number of halogens is 5. The number of alkyl halides is 3. The molecule has 2 N–H and O–H groups in total. The molecule has 0 bridgehead atoms. The van der Waals surface area contributed by atoms with Crippen LogP contribution < -0.4 is 10.1 Å². The number of rotatable bonds is 17. The minimum atomic E-state index is -4.20. The van der Waals surface area contributed by atoms with E-state index in [2.05, 4.69) is 5.32 Å². The molecule has 2 aromatic rings.